The number of carbonyl (C=O) groups is 1. The number of nitrogens with zero attached hydrogens (tertiary/aromatic N) is 2. The average molecular weight is 520 g/mol. The summed E-state index contributed by atoms with van der Waals surface area (Å²) in [4.78, 5) is 29.6. The molecule has 3 aromatic carbocycles. The molecule has 1 aliphatic heterocycles. The van der Waals surface area contributed by atoms with Gasteiger partial charge in [0.1, 0.15) is 0 Å². The number of para-hydroxylation sites is 1. The highest BCUT2D eigenvalue weighted by molar-refractivity contribution is 6.31. The van der Waals surface area contributed by atoms with Crippen molar-refractivity contribution in [2.45, 2.75) is 25.3 Å². The van der Waals surface area contributed by atoms with Crippen molar-refractivity contribution < 1.29 is 9.90 Å². The molecule has 2 N–H and O–H groups in total. The Morgan fingerprint density at radius 1 is 0.972 bits per heavy atom. The molecule has 0 saturated heterocycles. The second-order valence-corrected chi connectivity index (χ2v) is 9.51. The third kappa shape index (κ3) is 4.67. The molecule has 4 aromatic rings. The normalized spacial score (nSPS) is 15.4. The van der Waals surface area contributed by atoms with Crippen LogP contribution in [0, 0.1) is 0 Å². The summed E-state index contributed by atoms with van der Waals surface area (Å²) in [7, 11) is 0. The number of aliphatic hydroxyl groups is 1. The van der Waals surface area contributed by atoms with Crippen molar-refractivity contribution in [3.05, 3.63) is 104 Å². The number of hydrogen-bond donors (Lipinski definition) is 2. The van der Waals surface area contributed by atoms with Crippen LogP contribution >= 0.6 is 23.2 Å². The van der Waals surface area contributed by atoms with Crippen molar-refractivity contribution in [3.8, 4) is 11.1 Å². The molecule has 0 saturated carbocycles. The van der Waals surface area contributed by atoms with Crippen molar-refractivity contribution in [1.82, 2.24) is 9.99 Å². The number of aliphatic hydroxyl groups excluding tert-OH is 1. The Hall–Kier alpha value is -3.45. The number of carbonyl (C=O) groups excluding carboxylic acids is 1. The highest BCUT2D eigenvalue weighted by Gasteiger charge is 2.35. The molecule has 1 amide bonds. The van der Waals surface area contributed by atoms with Crippen LogP contribution in [0.5, 0.6) is 0 Å². The summed E-state index contributed by atoms with van der Waals surface area (Å²) in [5.41, 5.74) is 3.80. The number of halogens is 2. The first-order chi connectivity index (χ1) is 17.5. The van der Waals surface area contributed by atoms with E-state index >= 15 is 0 Å². The Morgan fingerprint density at radius 2 is 1.64 bits per heavy atom. The largest absolute Gasteiger partial charge is 0.396 e. The maximum Gasteiger partial charge on any atom is 0.258 e. The van der Waals surface area contributed by atoms with Gasteiger partial charge in [-0.25, -0.2) is 5.01 Å². The number of H-pyrrole nitrogens is 1. The summed E-state index contributed by atoms with van der Waals surface area (Å²) in [6.07, 6.45) is 0.837. The van der Waals surface area contributed by atoms with Crippen molar-refractivity contribution >= 4 is 45.7 Å². The van der Waals surface area contributed by atoms with Crippen LogP contribution < -0.4 is 5.56 Å². The Kier molecular flexibility index (Phi) is 6.92. The van der Waals surface area contributed by atoms with Crippen LogP contribution in [0.2, 0.25) is 10.0 Å². The van der Waals surface area contributed by atoms with E-state index in [1.165, 1.54) is 5.01 Å². The summed E-state index contributed by atoms with van der Waals surface area (Å²) in [6.45, 7) is -0.0905. The molecule has 2 heterocycles. The van der Waals surface area contributed by atoms with Gasteiger partial charge in [0, 0.05) is 46.0 Å². The van der Waals surface area contributed by atoms with Crippen LogP contribution in [0.15, 0.2) is 82.7 Å². The molecule has 0 radical (unpaired) electrons. The van der Waals surface area contributed by atoms with Crippen LogP contribution in [-0.4, -0.2) is 33.3 Å². The Labute approximate surface area is 217 Å². The summed E-state index contributed by atoms with van der Waals surface area (Å²) >= 11 is 12.2. The summed E-state index contributed by atoms with van der Waals surface area (Å²) in [5.74, 6) is -0.218. The van der Waals surface area contributed by atoms with Gasteiger partial charge in [0.15, 0.2) is 0 Å². The third-order valence-electron chi connectivity index (χ3n) is 6.31. The predicted octanol–water partition coefficient (Wildman–Crippen LogP) is 5.95. The zero-order chi connectivity index (χ0) is 25.2. The fourth-order valence-electron chi connectivity index (χ4n) is 4.62. The topological polar surface area (TPSA) is 85.8 Å². The smallest absolute Gasteiger partial charge is 0.258 e. The van der Waals surface area contributed by atoms with Crippen molar-refractivity contribution in [1.29, 1.82) is 0 Å². The molecular weight excluding hydrogens is 497 g/mol. The molecule has 5 rings (SSSR count). The quantitative estimate of drug-likeness (QED) is 0.329. The summed E-state index contributed by atoms with van der Waals surface area (Å²) in [6, 6.07) is 21.8. The predicted molar refractivity (Wildman–Crippen MR) is 144 cm³/mol. The van der Waals surface area contributed by atoms with Gasteiger partial charge in [0.05, 0.1) is 17.3 Å². The standard InChI is InChI=1S/C28H23Cl2N3O3/c29-19-11-7-17(8-12-19)24-16-23(32-33(24)25(35)6-3-15-34)27-26(18-9-13-20(30)14-10-18)21-4-1-2-5-22(21)31-28(27)36/h1-2,4-5,7-14,24,34H,3,6,15-16H2,(H,31,36)/t24-/m0/s1. The van der Waals surface area contributed by atoms with Gasteiger partial charge in [-0.3, -0.25) is 9.59 Å². The minimum atomic E-state index is -0.396. The number of amides is 1. The fourth-order valence-corrected chi connectivity index (χ4v) is 4.87. The van der Waals surface area contributed by atoms with Gasteiger partial charge in [-0.15, -0.1) is 0 Å². The van der Waals surface area contributed by atoms with Gasteiger partial charge in [0.25, 0.3) is 5.56 Å². The number of hydrogen-bond acceptors (Lipinski definition) is 4. The van der Waals surface area contributed by atoms with Crippen LogP contribution in [0.3, 0.4) is 0 Å². The molecular formula is C28H23Cl2N3O3. The van der Waals surface area contributed by atoms with Gasteiger partial charge < -0.3 is 10.1 Å². The number of aromatic amines is 1. The summed E-state index contributed by atoms with van der Waals surface area (Å²) in [5, 5.41) is 17.4. The number of hydrazone groups is 1. The zero-order valence-corrected chi connectivity index (χ0v) is 20.8. The van der Waals surface area contributed by atoms with Gasteiger partial charge in [0.2, 0.25) is 5.91 Å². The second kappa shape index (κ2) is 10.3. The molecule has 0 bridgehead atoms. The molecule has 0 unspecified atom stereocenters. The van der Waals surface area contributed by atoms with Gasteiger partial charge in [-0.05, 0) is 47.9 Å². The maximum atomic E-state index is 13.5. The van der Waals surface area contributed by atoms with Gasteiger partial charge in [-0.2, -0.15) is 5.10 Å². The first-order valence-electron chi connectivity index (χ1n) is 11.6. The lowest BCUT2D eigenvalue weighted by molar-refractivity contribution is -0.133. The lowest BCUT2D eigenvalue weighted by atomic mass is 9.91. The first-order valence-corrected chi connectivity index (χ1v) is 12.4. The molecule has 1 atom stereocenters. The van der Waals surface area contributed by atoms with E-state index in [-0.39, 0.29) is 24.5 Å². The van der Waals surface area contributed by atoms with Gasteiger partial charge in [-0.1, -0.05) is 65.7 Å². The Morgan fingerprint density at radius 3 is 2.33 bits per heavy atom. The molecule has 0 aliphatic carbocycles. The fraction of sp³-hybridized carbons (Fsp3) is 0.179. The molecule has 1 aromatic heterocycles. The van der Waals surface area contributed by atoms with E-state index in [0.29, 0.717) is 39.7 Å². The van der Waals surface area contributed by atoms with Crippen LogP contribution in [0.1, 0.15) is 36.4 Å². The lowest BCUT2D eigenvalue weighted by Crippen LogP contribution is -2.27. The molecule has 0 spiro atoms. The number of pyridine rings is 1. The first kappa shape index (κ1) is 24.3. The molecule has 36 heavy (non-hydrogen) atoms. The third-order valence-corrected chi connectivity index (χ3v) is 6.82. The molecule has 1 aliphatic rings. The van der Waals surface area contributed by atoms with E-state index in [1.807, 2.05) is 48.5 Å². The van der Waals surface area contributed by atoms with E-state index in [1.54, 1.807) is 24.3 Å². The SMILES string of the molecule is O=C(CCCO)N1N=C(c2c(-c3ccc(Cl)cc3)c3ccccc3[nH]c2=O)C[C@H]1c1ccc(Cl)cc1. The molecule has 6 nitrogen and oxygen atoms in total. The summed E-state index contributed by atoms with van der Waals surface area (Å²) < 4.78 is 0. The monoisotopic (exact) mass is 519 g/mol. The maximum absolute atomic E-state index is 13.5. The minimum Gasteiger partial charge on any atom is -0.396 e. The Bertz CT molecular complexity index is 1510. The highest BCUT2D eigenvalue weighted by atomic mass is 35.5. The van der Waals surface area contributed by atoms with Crippen LogP contribution in [0.4, 0.5) is 0 Å². The highest BCUT2D eigenvalue weighted by Crippen LogP contribution is 2.37. The van der Waals surface area contributed by atoms with Crippen LogP contribution in [0.25, 0.3) is 22.0 Å². The van der Waals surface area contributed by atoms with E-state index in [2.05, 4.69) is 4.98 Å². The van der Waals surface area contributed by atoms with Gasteiger partial charge >= 0.3 is 0 Å². The lowest BCUT2D eigenvalue weighted by Gasteiger charge is -2.22. The van der Waals surface area contributed by atoms with Crippen molar-refractivity contribution in [2.75, 3.05) is 6.61 Å². The molecule has 8 heteroatoms. The van der Waals surface area contributed by atoms with E-state index in [0.717, 1.165) is 22.1 Å². The van der Waals surface area contributed by atoms with Crippen molar-refractivity contribution in [3.63, 3.8) is 0 Å². The zero-order valence-electron chi connectivity index (χ0n) is 19.2. The Balaban J connectivity index is 1.69. The number of benzene rings is 3. The van der Waals surface area contributed by atoms with E-state index in [4.69, 9.17) is 28.3 Å². The number of nitrogens with one attached hydrogen (secondary N) is 1. The number of aromatic nitrogens is 1. The van der Waals surface area contributed by atoms with Crippen LogP contribution in [-0.2, 0) is 4.79 Å². The van der Waals surface area contributed by atoms with E-state index < -0.39 is 6.04 Å². The molecule has 182 valence electrons. The number of fused-ring (bicyclic) bond motifs is 1. The minimum absolute atomic E-state index is 0.0905. The number of rotatable bonds is 6. The van der Waals surface area contributed by atoms with Crippen molar-refractivity contribution in [2.24, 2.45) is 5.10 Å². The second-order valence-electron chi connectivity index (χ2n) is 8.64. The average Bonchev–Trinajstić information content (AvgIpc) is 3.32. The van der Waals surface area contributed by atoms with E-state index in [9.17, 15) is 14.7 Å². The molecule has 0 fully saturated rings.